The number of hydrogen-bond acceptors (Lipinski definition) is 4. The van der Waals surface area contributed by atoms with Gasteiger partial charge in [-0.25, -0.2) is 8.42 Å². The zero-order valence-corrected chi connectivity index (χ0v) is 15.7. The highest BCUT2D eigenvalue weighted by Gasteiger charge is 2.39. The van der Waals surface area contributed by atoms with E-state index in [0.29, 0.717) is 10.8 Å². The maximum atomic E-state index is 12.6. The van der Waals surface area contributed by atoms with Crippen molar-refractivity contribution in [1.82, 2.24) is 4.90 Å². The Hall–Kier alpha value is -2.31. The quantitative estimate of drug-likeness (QED) is 0.735. The van der Waals surface area contributed by atoms with Gasteiger partial charge in [-0.05, 0) is 48.0 Å². The van der Waals surface area contributed by atoms with Gasteiger partial charge >= 0.3 is 0 Å². The lowest BCUT2D eigenvalue weighted by molar-refractivity contribution is -0.128. The van der Waals surface area contributed by atoms with Gasteiger partial charge in [-0.3, -0.25) is 4.79 Å². The van der Waals surface area contributed by atoms with Gasteiger partial charge in [-0.15, -0.1) is 0 Å². The second-order valence-corrected chi connectivity index (χ2v) is 8.64. The van der Waals surface area contributed by atoms with E-state index in [1.165, 1.54) is 30.2 Å². The van der Waals surface area contributed by atoms with Crippen molar-refractivity contribution in [2.75, 3.05) is 20.2 Å². The van der Waals surface area contributed by atoms with Crippen LogP contribution in [0.2, 0.25) is 5.02 Å². The SMILES string of the molecule is COc1ccc(S(=O)(=O)C2CN(C(=O)/C=C/c3ccc(Cl)cc3)C2)cc1. The minimum absolute atomic E-state index is 0.193. The maximum absolute atomic E-state index is 12.6. The van der Waals surface area contributed by atoms with Crippen LogP contribution in [-0.2, 0) is 14.6 Å². The molecule has 0 atom stereocenters. The van der Waals surface area contributed by atoms with E-state index in [1.807, 2.05) is 0 Å². The fraction of sp³-hybridized carbons (Fsp3) is 0.211. The van der Waals surface area contributed by atoms with Gasteiger partial charge < -0.3 is 9.64 Å². The molecule has 5 nitrogen and oxygen atoms in total. The van der Waals surface area contributed by atoms with Gasteiger partial charge in [-0.1, -0.05) is 23.7 Å². The molecule has 0 saturated carbocycles. The number of halogens is 1. The monoisotopic (exact) mass is 391 g/mol. The second-order valence-electron chi connectivity index (χ2n) is 5.97. The minimum atomic E-state index is -3.45. The number of methoxy groups -OCH3 is 1. The molecule has 1 aliphatic rings. The predicted octanol–water partition coefficient (Wildman–Crippen LogP) is 3.05. The largest absolute Gasteiger partial charge is 0.497 e. The molecule has 1 heterocycles. The van der Waals surface area contributed by atoms with E-state index in [0.717, 1.165) is 5.56 Å². The van der Waals surface area contributed by atoms with Crippen LogP contribution in [0.3, 0.4) is 0 Å². The van der Waals surface area contributed by atoms with Crippen molar-refractivity contribution in [1.29, 1.82) is 0 Å². The summed E-state index contributed by atoms with van der Waals surface area (Å²) in [5.41, 5.74) is 0.852. The molecule has 0 N–H and O–H groups in total. The van der Waals surface area contributed by atoms with E-state index >= 15 is 0 Å². The van der Waals surface area contributed by atoms with Gasteiger partial charge in [0.15, 0.2) is 9.84 Å². The number of sulfone groups is 1. The zero-order valence-electron chi connectivity index (χ0n) is 14.1. The maximum Gasteiger partial charge on any atom is 0.246 e. The molecular formula is C19H18ClNO4S. The van der Waals surface area contributed by atoms with Crippen molar-refractivity contribution < 1.29 is 17.9 Å². The molecule has 1 amide bonds. The third-order valence-corrected chi connectivity index (χ3v) is 6.63. The van der Waals surface area contributed by atoms with Crippen LogP contribution >= 0.6 is 11.6 Å². The molecule has 26 heavy (non-hydrogen) atoms. The molecular weight excluding hydrogens is 374 g/mol. The van der Waals surface area contributed by atoms with E-state index in [2.05, 4.69) is 0 Å². The first kappa shape index (κ1) is 18.5. The summed E-state index contributed by atoms with van der Waals surface area (Å²) < 4.78 is 30.2. The minimum Gasteiger partial charge on any atom is -0.497 e. The molecule has 2 aromatic carbocycles. The molecule has 1 fully saturated rings. The lowest BCUT2D eigenvalue weighted by atomic mass is 10.2. The standard InChI is InChI=1S/C19H18ClNO4S/c1-25-16-7-9-17(10-8-16)26(23,24)18-12-21(13-18)19(22)11-4-14-2-5-15(20)6-3-14/h2-11,18H,12-13H2,1H3/b11-4+. The van der Waals surface area contributed by atoms with Crippen molar-refractivity contribution >= 4 is 33.4 Å². The fourth-order valence-electron chi connectivity index (χ4n) is 2.62. The molecule has 0 unspecified atom stereocenters. The highest BCUT2D eigenvalue weighted by Crippen LogP contribution is 2.25. The Morgan fingerprint density at radius 3 is 2.31 bits per heavy atom. The number of nitrogens with zero attached hydrogens (tertiary/aromatic N) is 1. The van der Waals surface area contributed by atoms with Crippen molar-refractivity contribution in [2.45, 2.75) is 10.1 Å². The molecule has 0 aromatic heterocycles. The summed E-state index contributed by atoms with van der Waals surface area (Å²) in [6.45, 7) is 0.385. The van der Waals surface area contributed by atoms with Crippen LogP contribution < -0.4 is 4.74 Å². The first-order valence-electron chi connectivity index (χ1n) is 8.00. The number of carbonyl (C=O) groups excluding carboxylic acids is 1. The van der Waals surface area contributed by atoms with Crippen molar-refractivity contribution in [3.8, 4) is 5.75 Å². The van der Waals surface area contributed by atoms with Crippen LogP contribution in [0.4, 0.5) is 0 Å². The number of carbonyl (C=O) groups is 1. The highest BCUT2D eigenvalue weighted by molar-refractivity contribution is 7.92. The third-order valence-electron chi connectivity index (χ3n) is 4.27. The first-order valence-corrected chi connectivity index (χ1v) is 9.93. The van der Waals surface area contributed by atoms with E-state index in [9.17, 15) is 13.2 Å². The number of rotatable bonds is 5. The normalized spacial score (nSPS) is 15.1. The van der Waals surface area contributed by atoms with E-state index in [-0.39, 0.29) is 23.9 Å². The Labute approximate surface area is 157 Å². The van der Waals surface area contributed by atoms with Crippen LogP contribution in [0.1, 0.15) is 5.56 Å². The van der Waals surface area contributed by atoms with E-state index in [1.54, 1.807) is 42.5 Å². The summed E-state index contributed by atoms with van der Waals surface area (Å²) in [6.07, 6.45) is 3.13. The fourth-order valence-corrected chi connectivity index (χ4v) is 4.40. The van der Waals surface area contributed by atoms with Crippen LogP contribution in [0, 0.1) is 0 Å². The number of amides is 1. The van der Waals surface area contributed by atoms with Crippen LogP contribution in [0.25, 0.3) is 6.08 Å². The van der Waals surface area contributed by atoms with Crippen LogP contribution in [0.5, 0.6) is 5.75 Å². The summed E-state index contributed by atoms with van der Waals surface area (Å²) in [7, 11) is -1.93. The molecule has 0 spiro atoms. The Morgan fingerprint density at radius 2 is 1.73 bits per heavy atom. The molecule has 1 aliphatic heterocycles. The second kappa shape index (κ2) is 7.51. The molecule has 1 saturated heterocycles. The molecule has 2 aromatic rings. The van der Waals surface area contributed by atoms with Gasteiger partial charge in [0, 0.05) is 24.2 Å². The molecule has 0 radical (unpaired) electrons. The summed E-state index contributed by atoms with van der Waals surface area (Å²) in [5, 5.41) is 0.0478. The van der Waals surface area contributed by atoms with Gasteiger partial charge in [-0.2, -0.15) is 0 Å². The Balaban J connectivity index is 1.60. The molecule has 7 heteroatoms. The van der Waals surface area contributed by atoms with E-state index in [4.69, 9.17) is 16.3 Å². The van der Waals surface area contributed by atoms with Gasteiger partial charge in [0.25, 0.3) is 0 Å². The number of benzene rings is 2. The number of hydrogen-bond donors (Lipinski definition) is 0. The molecule has 0 aliphatic carbocycles. The molecule has 136 valence electrons. The van der Waals surface area contributed by atoms with Crippen molar-refractivity contribution in [3.05, 3.63) is 65.2 Å². The Kier molecular flexibility index (Phi) is 5.34. The topological polar surface area (TPSA) is 63.7 Å². The lowest BCUT2D eigenvalue weighted by Crippen LogP contribution is -2.56. The van der Waals surface area contributed by atoms with Gasteiger partial charge in [0.05, 0.1) is 12.0 Å². The first-order chi connectivity index (χ1) is 12.4. The molecule has 0 bridgehead atoms. The zero-order chi connectivity index (χ0) is 18.7. The van der Waals surface area contributed by atoms with Gasteiger partial charge in [0.1, 0.15) is 11.0 Å². The number of likely N-dealkylation sites (tertiary alicyclic amines) is 1. The average molecular weight is 392 g/mol. The van der Waals surface area contributed by atoms with Crippen molar-refractivity contribution in [2.24, 2.45) is 0 Å². The summed E-state index contributed by atoms with van der Waals surface area (Å²) in [5.74, 6) is 0.392. The molecule has 3 rings (SSSR count). The lowest BCUT2D eigenvalue weighted by Gasteiger charge is -2.38. The van der Waals surface area contributed by atoms with Crippen LogP contribution in [-0.4, -0.2) is 44.7 Å². The predicted molar refractivity (Wildman–Crippen MR) is 101 cm³/mol. The van der Waals surface area contributed by atoms with Crippen LogP contribution in [0.15, 0.2) is 59.5 Å². The van der Waals surface area contributed by atoms with Crippen molar-refractivity contribution in [3.63, 3.8) is 0 Å². The number of ether oxygens (including phenoxy) is 1. The Bertz CT molecular complexity index is 915. The summed E-state index contributed by atoms with van der Waals surface area (Å²) >= 11 is 5.82. The van der Waals surface area contributed by atoms with E-state index < -0.39 is 15.1 Å². The summed E-state index contributed by atoms with van der Waals surface area (Å²) in [6, 6.07) is 13.4. The van der Waals surface area contributed by atoms with Gasteiger partial charge in [0.2, 0.25) is 5.91 Å². The summed E-state index contributed by atoms with van der Waals surface area (Å²) in [4.78, 5) is 13.9. The third kappa shape index (κ3) is 3.92. The Morgan fingerprint density at radius 1 is 1.12 bits per heavy atom. The smallest absolute Gasteiger partial charge is 0.246 e. The highest BCUT2D eigenvalue weighted by atomic mass is 35.5. The average Bonchev–Trinajstić information content (AvgIpc) is 2.60.